The predicted molar refractivity (Wildman–Crippen MR) is 142 cm³/mol. The molecular weight excluding hydrogens is 460 g/mol. The molecule has 0 spiro atoms. The third-order valence-corrected chi connectivity index (χ3v) is 9.05. The first kappa shape index (κ1) is 23.7. The van der Waals surface area contributed by atoms with Crippen LogP contribution in [0.2, 0.25) is 0 Å². The fourth-order valence-electron chi connectivity index (χ4n) is 6.96. The highest BCUT2D eigenvalue weighted by Crippen LogP contribution is 2.43. The second-order valence-electron chi connectivity index (χ2n) is 10.9. The summed E-state index contributed by atoms with van der Waals surface area (Å²) in [4.78, 5) is 35.7. The van der Waals surface area contributed by atoms with Gasteiger partial charge in [0, 0.05) is 43.7 Å². The van der Waals surface area contributed by atoms with Crippen LogP contribution in [0.15, 0.2) is 66.9 Å². The van der Waals surface area contributed by atoms with E-state index in [2.05, 4.69) is 11.1 Å². The topological polar surface area (TPSA) is 77.3 Å². The van der Waals surface area contributed by atoms with E-state index in [1.807, 2.05) is 70.5 Å². The molecule has 188 valence electrons. The lowest BCUT2D eigenvalue weighted by Gasteiger charge is -2.41. The lowest BCUT2D eigenvalue weighted by Crippen LogP contribution is -2.49. The molecule has 3 aromatic rings. The molecule has 2 amide bonds. The van der Waals surface area contributed by atoms with Gasteiger partial charge in [0.2, 0.25) is 5.91 Å². The molecule has 6 rings (SSSR count). The largest absolute Gasteiger partial charge is 0.342 e. The molecule has 3 aliphatic rings. The van der Waals surface area contributed by atoms with Gasteiger partial charge in [-0.3, -0.25) is 14.6 Å². The third-order valence-electron chi connectivity index (χ3n) is 9.05. The molecule has 1 aromatic heterocycles. The maximum Gasteiger partial charge on any atom is 0.254 e. The van der Waals surface area contributed by atoms with Gasteiger partial charge in [-0.1, -0.05) is 55.0 Å². The van der Waals surface area contributed by atoms with E-state index >= 15 is 0 Å². The first-order chi connectivity index (χ1) is 18.1. The number of nitrogens with zero attached hydrogens (tertiary/aromatic N) is 4. The van der Waals surface area contributed by atoms with Crippen molar-refractivity contribution < 1.29 is 9.59 Å². The Morgan fingerprint density at radius 3 is 2.46 bits per heavy atom. The lowest BCUT2D eigenvalue weighted by molar-refractivity contribution is -0.140. The van der Waals surface area contributed by atoms with Crippen LogP contribution in [0.1, 0.15) is 48.0 Å². The van der Waals surface area contributed by atoms with E-state index in [-0.39, 0.29) is 23.7 Å². The van der Waals surface area contributed by atoms with Crippen molar-refractivity contribution in [2.75, 3.05) is 26.2 Å². The van der Waals surface area contributed by atoms with Gasteiger partial charge in [0.25, 0.3) is 5.91 Å². The summed E-state index contributed by atoms with van der Waals surface area (Å²) in [6, 6.07) is 22.1. The Morgan fingerprint density at radius 1 is 0.919 bits per heavy atom. The van der Waals surface area contributed by atoms with E-state index in [0.29, 0.717) is 44.0 Å². The Hall–Kier alpha value is -3.72. The molecule has 2 saturated heterocycles. The number of piperidine rings is 1. The second-order valence-corrected chi connectivity index (χ2v) is 10.9. The number of carbonyl (C=O) groups excluding carboxylic acids is 2. The maximum absolute atomic E-state index is 13.8. The van der Waals surface area contributed by atoms with Gasteiger partial charge in [-0.05, 0) is 55.2 Å². The fraction of sp³-hybridized carbons (Fsp3) is 0.419. The van der Waals surface area contributed by atoms with E-state index in [0.717, 1.165) is 42.3 Å². The van der Waals surface area contributed by atoms with Gasteiger partial charge in [-0.25, -0.2) is 0 Å². The minimum atomic E-state index is -0.517. The SMILES string of the molecule is N#CC1(c2ccccc2)CCN(C(=O)[C@@H]2CCC[C@@H]3CN(C(=O)c4ccnc5ccccc45)C[C@@H]32)CC1. The van der Waals surface area contributed by atoms with Crippen LogP contribution < -0.4 is 0 Å². The zero-order chi connectivity index (χ0) is 25.4. The molecule has 1 aliphatic carbocycles. The Bertz CT molecular complexity index is 1350. The molecule has 37 heavy (non-hydrogen) atoms. The standard InChI is InChI=1S/C31H32N4O2/c32-21-31(23-8-2-1-3-9-23)14-17-34(18-15-31)29(36)25-11-6-7-22-19-35(20-27(22)25)30(37)26-13-16-33-28-12-5-4-10-24(26)28/h1-5,8-10,12-13,16,22,25,27H,6-7,11,14-15,17-20H2/t22-,25-,27+/m1/s1. The number of pyridine rings is 1. The summed E-state index contributed by atoms with van der Waals surface area (Å²) in [6.45, 7) is 2.58. The number of carbonyl (C=O) groups is 2. The van der Waals surface area contributed by atoms with Crippen molar-refractivity contribution >= 4 is 22.7 Å². The zero-order valence-electron chi connectivity index (χ0n) is 21.1. The number of fused-ring (bicyclic) bond motifs is 2. The molecule has 1 saturated carbocycles. The number of rotatable bonds is 3. The van der Waals surface area contributed by atoms with Gasteiger partial charge in [-0.15, -0.1) is 0 Å². The minimum absolute atomic E-state index is 0.0406. The first-order valence-corrected chi connectivity index (χ1v) is 13.5. The lowest BCUT2D eigenvalue weighted by atomic mass is 9.71. The summed E-state index contributed by atoms with van der Waals surface area (Å²) < 4.78 is 0. The highest BCUT2D eigenvalue weighted by molar-refractivity contribution is 6.06. The van der Waals surface area contributed by atoms with E-state index in [9.17, 15) is 14.9 Å². The number of amides is 2. The molecule has 2 aromatic carbocycles. The summed E-state index contributed by atoms with van der Waals surface area (Å²) in [5, 5.41) is 10.9. The molecule has 6 heteroatoms. The summed E-state index contributed by atoms with van der Waals surface area (Å²) in [7, 11) is 0. The fourth-order valence-corrected chi connectivity index (χ4v) is 6.96. The smallest absolute Gasteiger partial charge is 0.254 e. The molecule has 3 heterocycles. The molecule has 0 N–H and O–H groups in total. The van der Waals surface area contributed by atoms with E-state index in [1.165, 1.54) is 0 Å². The van der Waals surface area contributed by atoms with Crippen molar-refractivity contribution in [3.8, 4) is 6.07 Å². The molecule has 3 fully saturated rings. The van der Waals surface area contributed by atoms with Crippen LogP contribution in [0.5, 0.6) is 0 Å². The number of aromatic nitrogens is 1. The van der Waals surface area contributed by atoms with Gasteiger partial charge in [0.05, 0.1) is 22.6 Å². The van der Waals surface area contributed by atoms with E-state index < -0.39 is 5.41 Å². The Kier molecular flexibility index (Phi) is 6.16. The minimum Gasteiger partial charge on any atom is -0.342 e. The van der Waals surface area contributed by atoms with E-state index in [1.54, 1.807) is 6.20 Å². The predicted octanol–water partition coefficient (Wildman–Crippen LogP) is 4.81. The van der Waals surface area contributed by atoms with Gasteiger partial charge >= 0.3 is 0 Å². The molecule has 3 atom stereocenters. The summed E-state index contributed by atoms with van der Waals surface area (Å²) >= 11 is 0. The van der Waals surface area contributed by atoms with Crippen molar-refractivity contribution in [3.63, 3.8) is 0 Å². The molecule has 2 aliphatic heterocycles. The normalized spacial score (nSPS) is 24.9. The van der Waals surface area contributed by atoms with Crippen LogP contribution in [0.25, 0.3) is 10.9 Å². The highest BCUT2D eigenvalue weighted by Gasteiger charge is 2.47. The van der Waals surface area contributed by atoms with Crippen LogP contribution in [0, 0.1) is 29.1 Å². The number of nitriles is 1. The van der Waals surface area contributed by atoms with Crippen LogP contribution >= 0.6 is 0 Å². The van der Waals surface area contributed by atoms with E-state index in [4.69, 9.17) is 0 Å². The summed E-state index contributed by atoms with van der Waals surface area (Å²) in [5.74, 6) is 0.788. The number of benzene rings is 2. The van der Waals surface area contributed by atoms with Crippen molar-refractivity contribution in [2.45, 2.75) is 37.5 Å². The molecule has 0 unspecified atom stereocenters. The number of para-hydroxylation sites is 1. The Labute approximate surface area is 217 Å². The molecular formula is C31H32N4O2. The van der Waals surface area contributed by atoms with Gasteiger partial charge in [-0.2, -0.15) is 5.26 Å². The second kappa shape index (κ2) is 9.63. The van der Waals surface area contributed by atoms with Gasteiger partial charge in [0.1, 0.15) is 0 Å². The number of hydrogen-bond donors (Lipinski definition) is 0. The first-order valence-electron chi connectivity index (χ1n) is 13.5. The zero-order valence-corrected chi connectivity index (χ0v) is 21.1. The quantitative estimate of drug-likeness (QED) is 0.526. The average molecular weight is 493 g/mol. The molecule has 0 bridgehead atoms. The average Bonchev–Trinajstić information content (AvgIpc) is 3.41. The van der Waals surface area contributed by atoms with Crippen molar-refractivity contribution in [1.29, 1.82) is 5.26 Å². The maximum atomic E-state index is 13.8. The summed E-state index contributed by atoms with van der Waals surface area (Å²) in [6.07, 6.45) is 6.02. The van der Waals surface area contributed by atoms with Crippen molar-refractivity contribution in [2.24, 2.45) is 17.8 Å². The number of likely N-dealkylation sites (tertiary alicyclic amines) is 2. The highest BCUT2D eigenvalue weighted by atomic mass is 16.2. The number of hydrogen-bond acceptors (Lipinski definition) is 4. The van der Waals surface area contributed by atoms with Crippen molar-refractivity contribution in [1.82, 2.24) is 14.8 Å². The Morgan fingerprint density at radius 2 is 1.68 bits per heavy atom. The monoisotopic (exact) mass is 492 g/mol. The molecule has 6 nitrogen and oxygen atoms in total. The van der Waals surface area contributed by atoms with Gasteiger partial charge in [0.15, 0.2) is 0 Å². The van der Waals surface area contributed by atoms with Crippen LogP contribution in [0.4, 0.5) is 0 Å². The van der Waals surface area contributed by atoms with Crippen LogP contribution in [-0.4, -0.2) is 52.8 Å². The molecule has 0 radical (unpaired) electrons. The van der Waals surface area contributed by atoms with Gasteiger partial charge < -0.3 is 9.80 Å². The third kappa shape index (κ3) is 4.17. The summed E-state index contributed by atoms with van der Waals surface area (Å²) in [5.41, 5.74) is 2.05. The van der Waals surface area contributed by atoms with Crippen LogP contribution in [-0.2, 0) is 10.2 Å². The van der Waals surface area contributed by atoms with Crippen LogP contribution in [0.3, 0.4) is 0 Å². The Balaban J connectivity index is 1.16. The van der Waals surface area contributed by atoms with Crippen molar-refractivity contribution in [3.05, 3.63) is 78.0 Å².